The van der Waals surface area contributed by atoms with E-state index in [4.69, 9.17) is 4.42 Å². The van der Waals surface area contributed by atoms with Crippen LogP contribution in [0.15, 0.2) is 27.2 Å². The zero-order valence-corrected chi connectivity index (χ0v) is 16.3. The number of hydrogen-bond donors (Lipinski definition) is 1. The Morgan fingerprint density at radius 2 is 1.96 bits per heavy atom. The van der Waals surface area contributed by atoms with E-state index in [-0.39, 0.29) is 11.3 Å². The zero-order valence-electron chi connectivity index (χ0n) is 14.6. The topological polar surface area (TPSA) is 68.0 Å². The van der Waals surface area contributed by atoms with E-state index in [1.165, 1.54) is 50.3 Å². The molecule has 0 spiro atoms. The van der Waals surface area contributed by atoms with Crippen LogP contribution in [0, 0.1) is 17.8 Å². The van der Waals surface area contributed by atoms with Crippen LogP contribution in [0.3, 0.4) is 0 Å². The number of aromatic nitrogens is 2. The van der Waals surface area contributed by atoms with Crippen LogP contribution in [0.4, 0.5) is 0 Å². The minimum absolute atomic E-state index is 0.00189. The fourth-order valence-electron chi connectivity index (χ4n) is 5.63. The first-order valence-corrected chi connectivity index (χ1v) is 11.3. The van der Waals surface area contributed by atoms with E-state index in [0.29, 0.717) is 17.5 Å². The molecular weight excluding hydrogens is 366 g/mol. The van der Waals surface area contributed by atoms with Gasteiger partial charge in [0.1, 0.15) is 0 Å². The maximum absolute atomic E-state index is 12.0. The molecule has 0 atom stereocenters. The van der Waals surface area contributed by atoms with Gasteiger partial charge in [0.2, 0.25) is 11.8 Å². The van der Waals surface area contributed by atoms with Gasteiger partial charge in [-0.25, -0.2) is 0 Å². The van der Waals surface area contributed by atoms with Crippen LogP contribution in [-0.4, -0.2) is 21.9 Å². The number of rotatable bonds is 6. The predicted molar refractivity (Wildman–Crippen MR) is 101 cm³/mol. The minimum Gasteiger partial charge on any atom is -0.415 e. The van der Waals surface area contributed by atoms with Crippen LogP contribution in [0.1, 0.15) is 49.3 Å². The molecule has 2 heterocycles. The van der Waals surface area contributed by atoms with Crippen molar-refractivity contribution >= 4 is 29.0 Å². The van der Waals surface area contributed by atoms with Crippen molar-refractivity contribution in [3.63, 3.8) is 0 Å². The number of thiophene rings is 1. The van der Waals surface area contributed by atoms with E-state index < -0.39 is 0 Å². The van der Waals surface area contributed by atoms with Gasteiger partial charge in [-0.05, 0) is 67.7 Å². The lowest BCUT2D eigenvalue weighted by Crippen LogP contribution is -2.48. The van der Waals surface area contributed by atoms with E-state index in [1.807, 2.05) is 17.5 Å². The number of carbonyl (C=O) groups excluding carboxylic acids is 1. The van der Waals surface area contributed by atoms with Crippen molar-refractivity contribution in [2.75, 3.05) is 5.75 Å². The van der Waals surface area contributed by atoms with Gasteiger partial charge < -0.3 is 9.73 Å². The molecule has 7 heteroatoms. The third kappa shape index (κ3) is 3.20. The molecule has 26 heavy (non-hydrogen) atoms. The lowest BCUT2D eigenvalue weighted by molar-refractivity contribution is -0.118. The first kappa shape index (κ1) is 16.8. The number of hydrogen-bond acceptors (Lipinski definition) is 6. The molecule has 4 fully saturated rings. The Balaban J connectivity index is 1.19. The summed E-state index contributed by atoms with van der Waals surface area (Å²) < 4.78 is 6.03. The Hall–Kier alpha value is -1.34. The smallest absolute Gasteiger partial charge is 0.277 e. The van der Waals surface area contributed by atoms with Gasteiger partial charge in [0.15, 0.2) is 0 Å². The van der Waals surface area contributed by atoms with Crippen molar-refractivity contribution in [1.82, 2.24) is 15.5 Å². The highest BCUT2D eigenvalue weighted by molar-refractivity contribution is 7.99. The number of nitrogens with one attached hydrogen (secondary N) is 1. The van der Waals surface area contributed by atoms with Gasteiger partial charge >= 0.3 is 0 Å². The van der Waals surface area contributed by atoms with Crippen LogP contribution in [-0.2, 0) is 16.8 Å². The van der Waals surface area contributed by atoms with Crippen molar-refractivity contribution in [1.29, 1.82) is 0 Å². The minimum atomic E-state index is -0.00189. The Labute approximate surface area is 161 Å². The molecule has 5 nitrogen and oxygen atoms in total. The summed E-state index contributed by atoms with van der Waals surface area (Å²) in [6.45, 7) is 0.583. The van der Waals surface area contributed by atoms with Crippen molar-refractivity contribution in [3.05, 3.63) is 28.3 Å². The van der Waals surface area contributed by atoms with E-state index in [0.717, 1.165) is 28.5 Å². The first-order valence-electron chi connectivity index (χ1n) is 9.44. The Morgan fingerprint density at radius 3 is 2.62 bits per heavy atom. The summed E-state index contributed by atoms with van der Waals surface area (Å²) in [5.41, 5.74) is 0.127. The van der Waals surface area contributed by atoms with Gasteiger partial charge in [-0.3, -0.25) is 4.79 Å². The highest BCUT2D eigenvalue weighted by atomic mass is 32.2. The van der Waals surface area contributed by atoms with Gasteiger partial charge in [-0.2, -0.15) is 0 Å². The maximum Gasteiger partial charge on any atom is 0.277 e. The van der Waals surface area contributed by atoms with Crippen LogP contribution >= 0.6 is 23.1 Å². The van der Waals surface area contributed by atoms with Crippen LogP contribution < -0.4 is 5.32 Å². The Kier molecular flexibility index (Phi) is 4.32. The third-order valence-electron chi connectivity index (χ3n) is 6.27. The summed E-state index contributed by atoms with van der Waals surface area (Å²) in [5, 5.41) is 14.1. The normalized spacial score (nSPS) is 32.1. The summed E-state index contributed by atoms with van der Waals surface area (Å²) in [6.07, 6.45) is 7.85. The molecule has 2 aromatic heterocycles. The number of thioether (sulfide) groups is 1. The molecule has 4 saturated carbocycles. The van der Waals surface area contributed by atoms with Crippen LogP contribution in [0.5, 0.6) is 0 Å². The molecule has 138 valence electrons. The molecule has 1 N–H and O–H groups in total. The van der Waals surface area contributed by atoms with E-state index >= 15 is 0 Å². The van der Waals surface area contributed by atoms with Gasteiger partial charge in [-0.15, -0.1) is 21.5 Å². The summed E-state index contributed by atoms with van der Waals surface area (Å²) in [5.74, 6) is 3.70. The summed E-state index contributed by atoms with van der Waals surface area (Å²) in [4.78, 5) is 13.2. The maximum atomic E-state index is 12.0. The standard InChI is InChI=1S/C19H23N3O2S2/c23-16(20-10-15-2-1-3-25-15)11-26-18-22-21-17(24-18)19-7-12-4-13(8-19)6-14(5-12)9-19/h1-3,12-14H,4-11H2,(H,20,23). The second-order valence-electron chi connectivity index (χ2n) is 8.22. The van der Waals surface area contributed by atoms with Gasteiger partial charge in [0, 0.05) is 10.3 Å². The molecule has 0 aliphatic heterocycles. The average molecular weight is 390 g/mol. The number of nitrogens with zero attached hydrogens (tertiary/aromatic N) is 2. The monoisotopic (exact) mass is 389 g/mol. The van der Waals surface area contributed by atoms with E-state index in [9.17, 15) is 4.79 Å². The zero-order chi connectivity index (χ0) is 17.6. The summed E-state index contributed by atoms with van der Waals surface area (Å²) in [6, 6.07) is 4.01. The van der Waals surface area contributed by atoms with Crippen molar-refractivity contribution in [3.8, 4) is 0 Å². The second kappa shape index (κ2) is 6.68. The van der Waals surface area contributed by atoms with Crippen molar-refractivity contribution < 1.29 is 9.21 Å². The van der Waals surface area contributed by atoms with Gasteiger partial charge in [0.25, 0.3) is 5.22 Å². The first-order chi connectivity index (χ1) is 12.7. The second-order valence-corrected chi connectivity index (χ2v) is 10.2. The number of amides is 1. The molecule has 6 rings (SSSR count). The lowest BCUT2D eigenvalue weighted by atomic mass is 9.49. The molecule has 0 aromatic carbocycles. The predicted octanol–water partition coefficient (Wildman–Crippen LogP) is 4.01. The highest BCUT2D eigenvalue weighted by Gasteiger charge is 2.54. The van der Waals surface area contributed by atoms with E-state index in [1.54, 1.807) is 11.3 Å². The molecule has 2 aromatic rings. The van der Waals surface area contributed by atoms with Gasteiger partial charge in [-0.1, -0.05) is 17.8 Å². The molecule has 0 saturated heterocycles. The lowest BCUT2D eigenvalue weighted by Gasteiger charge is -2.55. The summed E-state index contributed by atoms with van der Waals surface area (Å²) >= 11 is 2.99. The highest BCUT2D eigenvalue weighted by Crippen LogP contribution is 2.60. The van der Waals surface area contributed by atoms with Crippen molar-refractivity contribution in [2.24, 2.45) is 17.8 Å². The average Bonchev–Trinajstić information content (AvgIpc) is 3.29. The van der Waals surface area contributed by atoms with Crippen LogP contribution in [0.2, 0.25) is 0 Å². The van der Waals surface area contributed by atoms with Crippen LogP contribution in [0.25, 0.3) is 0 Å². The third-order valence-corrected chi connectivity index (χ3v) is 7.96. The largest absolute Gasteiger partial charge is 0.415 e. The molecular formula is C19H23N3O2S2. The molecule has 0 unspecified atom stereocenters. The molecule has 4 aliphatic carbocycles. The SMILES string of the molecule is O=C(CSc1nnc(C23CC4CC(CC(C4)C2)C3)o1)NCc1cccs1. The number of carbonyl (C=O) groups is 1. The quantitative estimate of drug-likeness (QED) is 0.756. The summed E-state index contributed by atoms with van der Waals surface area (Å²) in [7, 11) is 0. The Bertz CT molecular complexity index is 751. The molecule has 4 aliphatic rings. The van der Waals surface area contributed by atoms with E-state index in [2.05, 4.69) is 15.5 Å². The van der Waals surface area contributed by atoms with Crippen molar-refractivity contribution in [2.45, 2.75) is 55.7 Å². The fraction of sp³-hybridized carbons (Fsp3) is 0.632. The Morgan fingerprint density at radius 1 is 1.23 bits per heavy atom. The molecule has 1 amide bonds. The van der Waals surface area contributed by atoms with Gasteiger partial charge in [0.05, 0.1) is 12.3 Å². The fourth-order valence-corrected chi connectivity index (χ4v) is 6.87. The molecule has 4 bridgehead atoms. The molecule has 0 radical (unpaired) electrons.